The fourth-order valence-corrected chi connectivity index (χ4v) is 2.32. The summed E-state index contributed by atoms with van der Waals surface area (Å²) in [4.78, 5) is 0. The largest absolute Gasteiger partial charge is 0.381 e. The van der Waals surface area contributed by atoms with E-state index in [0.717, 1.165) is 26.9 Å². The monoisotopic (exact) mass is 339 g/mol. The summed E-state index contributed by atoms with van der Waals surface area (Å²) in [5, 5.41) is 3.27. The van der Waals surface area contributed by atoms with Crippen molar-refractivity contribution >= 4 is 21.6 Å². The molecule has 2 aromatic rings. The topological polar surface area (TPSA) is 12.0 Å². The summed E-state index contributed by atoms with van der Waals surface area (Å²) in [6, 6.07) is 10.6. The number of anilines is 1. The third-order valence-electron chi connectivity index (χ3n) is 3.14. The van der Waals surface area contributed by atoms with E-state index in [1.165, 1.54) is 12.1 Å². The molecule has 1 N–H and O–H groups in total. The lowest BCUT2D eigenvalue weighted by Gasteiger charge is -2.11. The average molecular weight is 340 g/mol. The minimum Gasteiger partial charge on any atom is -0.381 e. The minimum atomic E-state index is -2.42. The first-order valence-corrected chi connectivity index (χ1v) is 7.14. The van der Waals surface area contributed by atoms with Crippen molar-refractivity contribution in [2.75, 3.05) is 5.32 Å². The molecule has 20 heavy (non-hydrogen) atoms. The van der Waals surface area contributed by atoms with E-state index in [1.807, 2.05) is 32.0 Å². The van der Waals surface area contributed by atoms with Crippen LogP contribution in [0.2, 0.25) is 0 Å². The van der Waals surface area contributed by atoms with Crippen molar-refractivity contribution in [3.8, 4) is 0 Å². The van der Waals surface area contributed by atoms with Crippen molar-refractivity contribution in [1.29, 1.82) is 0 Å². The minimum absolute atomic E-state index is 0.0625. The van der Waals surface area contributed by atoms with Gasteiger partial charge in [0.1, 0.15) is 0 Å². The van der Waals surface area contributed by atoms with Crippen LogP contribution >= 0.6 is 15.9 Å². The molecular weight excluding hydrogens is 324 g/mol. The van der Waals surface area contributed by atoms with Gasteiger partial charge in [-0.2, -0.15) is 0 Å². The van der Waals surface area contributed by atoms with E-state index in [0.29, 0.717) is 6.54 Å². The molecule has 2 aromatic carbocycles. The zero-order valence-corrected chi connectivity index (χ0v) is 13.0. The number of aryl methyl sites for hydroxylation is 2. The Bertz CT molecular complexity index is 588. The van der Waals surface area contributed by atoms with Crippen molar-refractivity contribution in [1.82, 2.24) is 0 Å². The second kappa shape index (κ2) is 6.35. The Hall–Kier alpha value is -1.42. The highest BCUT2D eigenvalue weighted by atomic mass is 79.9. The van der Waals surface area contributed by atoms with Gasteiger partial charge < -0.3 is 5.32 Å². The molecule has 4 heteroatoms. The Morgan fingerprint density at radius 1 is 1.10 bits per heavy atom. The molecule has 106 valence electrons. The van der Waals surface area contributed by atoms with Crippen LogP contribution in [0.3, 0.4) is 0 Å². The second-order valence-electron chi connectivity index (χ2n) is 4.82. The number of hydrogen-bond acceptors (Lipinski definition) is 1. The quantitative estimate of drug-likeness (QED) is 0.762. The van der Waals surface area contributed by atoms with Crippen LogP contribution in [0.15, 0.2) is 40.9 Å². The lowest BCUT2D eigenvalue weighted by molar-refractivity contribution is 0.151. The summed E-state index contributed by atoms with van der Waals surface area (Å²) >= 11 is 3.52. The van der Waals surface area contributed by atoms with Crippen LogP contribution in [0, 0.1) is 13.8 Å². The summed E-state index contributed by atoms with van der Waals surface area (Å²) in [7, 11) is 0. The Morgan fingerprint density at radius 3 is 2.35 bits per heavy atom. The Balaban J connectivity index is 2.11. The van der Waals surface area contributed by atoms with E-state index < -0.39 is 6.43 Å². The highest BCUT2D eigenvalue weighted by molar-refractivity contribution is 9.10. The van der Waals surface area contributed by atoms with Crippen molar-refractivity contribution in [3.05, 3.63) is 63.1 Å². The van der Waals surface area contributed by atoms with Crippen LogP contribution in [-0.4, -0.2) is 0 Å². The molecule has 0 heterocycles. The summed E-state index contributed by atoms with van der Waals surface area (Å²) in [5.41, 5.74) is 4.20. The van der Waals surface area contributed by atoms with Gasteiger partial charge in [-0.1, -0.05) is 34.1 Å². The molecule has 0 aliphatic carbocycles. The number of benzene rings is 2. The Kier molecular flexibility index (Phi) is 4.76. The first-order valence-electron chi connectivity index (χ1n) is 6.35. The van der Waals surface area contributed by atoms with Crippen molar-refractivity contribution in [2.45, 2.75) is 26.8 Å². The third-order valence-corrected chi connectivity index (χ3v) is 4.39. The maximum atomic E-state index is 12.6. The highest BCUT2D eigenvalue weighted by Gasteiger charge is 2.07. The molecule has 0 aromatic heterocycles. The summed E-state index contributed by atoms with van der Waals surface area (Å²) in [6.07, 6.45) is -2.42. The fourth-order valence-electron chi connectivity index (χ4n) is 2.09. The average Bonchev–Trinajstić information content (AvgIpc) is 2.42. The molecule has 2 rings (SSSR count). The lowest BCUT2D eigenvalue weighted by Crippen LogP contribution is -2.01. The smallest absolute Gasteiger partial charge is 0.263 e. The molecular formula is C16H16BrF2N. The molecule has 0 bridgehead atoms. The van der Waals surface area contributed by atoms with E-state index in [4.69, 9.17) is 0 Å². The maximum Gasteiger partial charge on any atom is 0.263 e. The van der Waals surface area contributed by atoms with Gasteiger partial charge in [-0.3, -0.25) is 0 Å². The number of halogens is 3. The van der Waals surface area contributed by atoms with E-state index in [9.17, 15) is 8.78 Å². The van der Waals surface area contributed by atoms with Gasteiger partial charge in [0.05, 0.1) is 0 Å². The van der Waals surface area contributed by atoms with Gasteiger partial charge in [-0.15, -0.1) is 0 Å². The van der Waals surface area contributed by atoms with Gasteiger partial charge in [-0.05, 0) is 48.7 Å². The van der Waals surface area contributed by atoms with Crippen LogP contribution < -0.4 is 5.32 Å². The molecule has 0 saturated heterocycles. The van der Waals surface area contributed by atoms with Gasteiger partial charge in [0.15, 0.2) is 0 Å². The molecule has 0 fully saturated rings. The van der Waals surface area contributed by atoms with E-state index in [1.54, 1.807) is 6.07 Å². The zero-order chi connectivity index (χ0) is 14.7. The first-order chi connectivity index (χ1) is 9.47. The van der Waals surface area contributed by atoms with Crippen LogP contribution in [-0.2, 0) is 6.54 Å². The molecule has 1 nitrogen and oxygen atoms in total. The zero-order valence-electron chi connectivity index (χ0n) is 11.4. The molecule has 0 spiro atoms. The van der Waals surface area contributed by atoms with Crippen LogP contribution in [0.5, 0.6) is 0 Å². The van der Waals surface area contributed by atoms with Crippen molar-refractivity contribution in [2.24, 2.45) is 0 Å². The normalized spacial score (nSPS) is 10.9. The van der Waals surface area contributed by atoms with Gasteiger partial charge in [0.2, 0.25) is 0 Å². The van der Waals surface area contributed by atoms with Crippen molar-refractivity contribution in [3.63, 3.8) is 0 Å². The predicted octanol–water partition coefficient (Wildman–Crippen LogP) is 5.62. The molecule has 0 unspecified atom stereocenters. The van der Waals surface area contributed by atoms with Crippen LogP contribution in [0.4, 0.5) is 14.5 Å². The van der Waals surface area contributed by atoms with E-state index in [-0.39, 0.29) is 5.56 Å². The fraction of sp³-hybridized carbons (Fsp3) is 0.250. The molecule has 0 saturated carbocycles. The second-order valence-corrected chi connectivity index (χ2v) is 5.62. The van der Waals surface area contributed by atoms with Crippen LogP contribution in [0.25, 0.3) is 0 Å². The van der Waals surface area contributed by atoms with Crippen LogP contribution in [0.1, 0.15) is 28.7 Å². The molecule has 0 amide bonds. The molecule has 0 atom stereocenters. The number of alkyl halides is 2. The molecule has 0 aliphatic heterocycles. The first kappa shape index (κ1) is 15.0. The van der Waals surface area contributed by atoms with Gasteiger partial charge in [0, 0.05) is 22.3 Å². The predicted molar refractivity (Wildman–Crippen MR) is 82.3 cm³/mol. The number of hydrogen-bond donors (Lipinski definition) is 1. The van der Waals surface area contributed by atoms with Gasteiger partial charge in [-0.25, -0.2) is 8.78 Å². The Morgan fingerprint density at radius 2 is 1.75 bits per heavy atom. The number of rotatable bonds is 4. The summed E-state index contributed by atoms with van der Waals surface area (Å²) in [6.45, 7) is 4.58. The van der Waals surface area contributed by atoms with Gasteiger partial charge >= 0.3 is 0 Å². The highest BCUT2D eigenvalue weighted by Crippen LogP contribution is 2.25. The lowest BCUT2D eigenvalue weighted by atomic mass is 10.1. The van der Waals surface area contributed by atoms with Crippen molar-refractivity contribution < 1.29 is 8.78 Å². The summed E-state index contributed by atoms with van der Waals surface area (Å²) in [5.74, 6) is 0. The number of nitrogens with one attached hydrogen (secondary N) is 1. The standard InChI is InChI=1S/C16H16BrF2N/c1-10-6-14(7-11(2)15(10)17)20-9-12-4-3-5-13(8-12)16(18)19/h3-8,16,20H,9H2,1-2H3. The summed E-state index contributed by atoms with van der Waals surface area (Å²) < 4.78 is 26.4. The van der Waals surface area contributed by atoms with E-state index in [2.05, 4.69) is 21.2 Å². The Labute approximate surface area is 126 Å². The maximum absolute atomic E-state index is 12.6. The van der Waals surface area contributed by atoms with Gasteiger partial charge in [0.25, 0.3) is 6.43 Å². The third kappa shape index (κ3) is 3.57. The van der Waals surface area contributed by atoms with E-state index >= 15 is 0 Å². The molecule has 0 radical (unpaired) electrons. The molecule has 0 aliphatic rings. The SMILES string of the molecule is Cc1cc(NCc2cccc(C(F)F)c2)cc(C)c1Br.